The van der Waals surface area contributed by atoms with Crippen LogP contribution in [0.1, 0.15) is 6.92 Å². The number of nitrogen functional groups attached to an aromatic ring is 1. The second-order valence-electron chi connectivity index (χ2n) is 3.34. The third-order valence-corrected chi connectivity index (χ3v) is 1.79. The second kappa shape index (κ2) is 5.80. The average molecular weight is 221 g/mol. The molecule has 4 heteroatoms. The van der Waals surface area contributed by atoms with Crippen molar-refractivity contribution >= 4 is 11.7 Å². The maximum absolute atomic E-state index is 11.0. The van der Waals surface area contributed by atoms with Gasteiger partial charge in [-0.3, -0.25) is 0 Å². The molecule has 0 aliphatic carbocycles. The fourth-order valence-corrected chi connectivity index (χ4v) is 1.02. The standard InChI is InChI=1S/C12H15NO3/c1-9(2)12(14)16-7-6-15-11-5-3-4-10(13)8-11/h3-5,8H,1,6-7,13H2,2H3. The summed E-state index contributed by atoms with van der Waals surface area (Å²) >= 11 is 0. The van der Waals surface area contributed by atoms with E-state index in [2.05, 4.69) is 6.58 Å². The van der Waals surface area contributed by atoms with Crippen molar-refractivity contribution in [2.45, 2.75) is 6.92 Å². The van der Waals surface area contributed by atoms with Crippen LogP contribution in [0.2, 0.25) is 0 Å². The number of carbonyl (C=O) groups is 1. The lowest BCUT2D eigenvalue weighted by atomic mass is 10.3. The summed E-state index contributed by atoms with van der Waals surface area (Å²) in [7, 11) is 0. The summed E-state index contributed by atoms with van der Waals surface area (Å²) in [6, 6.07) is 7.07. The minimum atomic E-state index is -0.406. The van der Waals surface area contributed by atoms with Crippen LogP contribution >= 0.6 is 0 Å². The zero-order valence-corrected chi connectivity index (χ0v) is 9.23. The summed E-state index contributed by atoms with van der Waals surface area (Å²) < 4.78 is 10.2. The van der Waals surface area contributed by atoms with Gasteiger partial charge in [-0.25, -0.2) is 4.79 Å². The maximum atomic E-state index is 11.0. The van der Waals surface area contributed by atoms with Gasteiger partial charge in [-0.15, -0.1) is 0 Å². The SMILES string of the molecule is C=C(C)C(=O)OCCOc1cccc(N)c1. The Morgan fingerprint density at radius 2 is 2.19 bits per heavy atom. The summed E-state index contributed by atoms with van der Waals surface area (Å²) in [5.41, 5.74) is 6.59. The van der Waals surface area contributed by atoms with E-state index in [1.807, 2.05) is 0 Å². The van der Waals surface area contributed by atoms with Crippen molar-refractivity contribution in [3.63, 3.8) is 0 Å². The van der Waals surface area contributed by atoms with Crippen LogP contribution in [0.3, 0.4) is 0 Å². The number of benzene rings is 1. The summed E-state index contributed by atoms with van der Waals surface area (Å²) in [4.78, 5) is 11.0. The molecule has 0 atom stereocenters. The number of rotatable bonds is 5. The molecule has 0 aliphatic heterocycles. The van der Waals surface area contributed by atoms with E-state index < -0.39 is 5.97 Å². The Morgan fingerprint density at radius 3 is 2.81 bits per heavy atom. The molecule has 4 nitrogen and oxygen atoms in total. The van der Waals surface area contributed by atoms with Crippen LogP contribution in [0.25, 0.3) is 0 Å². The lowest BCUT2D eigenvalue weighted by Gasteiger charge is -2.07. The molecule has 0 aromatic heterocycles. The highest BCUT2D eigenvalue weighted by atomic mass is 16.6. The Morgan fingerprint density at radius 1 is 1.44 bits per heavy atom. The smallest absolute Gasteiger partial charge is 0.333 e. The molecule has 0 fully saturated rings. The molecular formula is C12H15NO3. The van der Waals surface area contributed by atoms with Crippen molar-refractivity contribution in [1.82, 2.24) is 0 Å². The predicted octanol–water partition coefficient (Wildman–Crippen LogP) is 1.77. The van der Waals surface area contributed by atoms with Gasteiger partial charge < -0.3 is 15.2 Å². The predicted molar refractivity (Wildman–Crippen MR) is 62.1 cm³/mol. The van der Waals surface area contributed by atoms with Gasteiger partial charge in [0.15, 0.2) is 0 Å². The number of hydrogen-bond acceptors (Lipinski definition) is 4. The highest BCUT2D eigenvalue weighted by Gasteiger charge is 2.02. The van der Waals surface area contributed by atoms with Crippen LogP contribution in [0.4, 0.5) is 5.69 Å². The topological polar surface area (TPSA) is 61.5 Å². The second-order valence-corrected chi connectivity index (χ2v) is 3.34. The molecule has 0 unspecified atom stereocenters. The summed E-state index contributed by atoms with van der Waals surface area (Å²) in [5.74, 6) is 0.252. The largest absolute Gasteiger partial charge is 0.490 e. The molecule has 0 saturated carbocycles. The van der Waals surface area contributed by atoms with Gasteiger partial charge in [0.1, 0.15) is 19.0 Å². The quantitative estimate of drug-likeness (QED) is 0.356. The van der Waals surface area contributed by atoms with E-state index in [0.717, 1.165) is 0 Å². The molecule has 2 N–H and O–H groups in total. The van der Waals surface area contributed by atoms with Crippen LogP contribution in [0.5, 0.6) is 5.75 Å². The van der Waals surface area contributed by atoms with Crippen LogP contribution in [-0.2, 0) is 9.53 Å². The first-order valence-electron chi connectivity index (χ1n) is 4.90. The lowest BCUT2D eigenvalue weighted by molar-refractivity contribution is -0.139. The van der Waals surface area contributed by atoms with Crippen molar-refractivity contribution in [1.29, 1.82) is 0 Å². The molecular weight excluding hydrogens is 206 g/mol. The third-order valence-electron chi connectivity index (χ3n) is 1.79. The zero-order valence-electron chi connectivity index (χ0n) is 9.23. The molecule has 0 bridgehead atoms. The van der Waals surface area contributed by atoms with E-state index in [9.17, 15) is 4.79 Å². The summed E-state index contributed by atoms with van der Waals surface area (Å²) in [6.07, 6.45) is 0. The molecule has 0 heterocycles. The van der Waals surface area contributed by atoms with Crippen molar-refractivity contribution < 1.29 is 14.3 Å². The van der Waals surface area contributed by atoms with Crippen molar-refractivity contribution in [3.8, 4) is 5.75 Å². The monoisotopic (exact) mass is 221 g/mol. The highest BCUT2D eigenvalue weighted by Crippen LogP contribution is 2.13. The van der Waals surface area contributed by atoms with Crippen LogP contribution in [0, 0.1) is 0 Å². The molecule has 1 aromatic carbocycles. The van der Waals surface area contributed by atoms with E-state index in [1.54, 1.807) is 31.2 Å². The Labute approximate surface area is 94.7 Å². The number of esters is 1. The number of nitrogens with two attached hydrogens (primary N) is 1. The molecule has 0 aliphatic rings. The van der Waals surface area contributed by atoms with Gasteiger partial charge >= 0.3 is 5.97 Å². The Hall–Kier alpha value is -1.97. The van der Waals surface area contributed by atoms with Crippen LogP contribution in [0.15, 0.2) is 36.4 Å². The van der Waals surface area contributed by atoms with Crippen molar-refractivity contribution in [2.24, 2.45) is 0 Å². The summed E-state index contributed by atoms with van der Waals surface area (Å²) in [6.45, 7) is 5.56. The van der Waals surface area contributed by atoms with E-state index in [0.29, 0.717) is 23.6 Å². The van der Waals surface area contributed by atoms with Crippen LogP contribution in [-0.4, -0.2) is 19.2 Å². The first-order chi connectivity index (χ1) is 7.59. The van der Waals surface area contributed by atoms with Gasteiger partial charge in [-0.05, 0) is 19.1 Å². The Kier molecular flexibility index (Phi) is 4.39. The molecule has 0 amide bonds. The van der Waals surface area contributed by atoms with Gasteiger partial charge in [-0.2, -0.15) is 0 Å². The average Bonchev–Trinajstić information content (AvgIpc) is 2.24. The normalized spacial score (nSPS) is 9.56. The van der Waals surface area contributed by atoms with Gasteiger partial charge in [0, 0.05) is 17.3 Å². The Balaban J connectivity index is 2.26. The Bertz CT molecular complexity index is 388. The van der Waals surface area contributed by atoms with E-state index in [1.165, 1.54) is 0 Å². The molecule has 0 radical (unpaired) electrons. The first kappa shape index (κ1) is 12.1. The van der Waals surface area contributed by atoms with Gasteiger partial charge in [-0.1, -0.05) is 12.6 Å². The van der Waals surface area contributed by atoms with Gasteiger partial charge in [0.2, 0.25) is 0 Å². The fourth-order valence-electron chi connectivity index (χ4n) is 1.02. The third kappa shape index (κ3) is 4.04. The number of carbonyl (C=O) groups excluding carboxylic acids is 1. The molecule has 1 rings (SSSR count). The minimum absolute atomic E-state index is 0.195. The molecule has 16 heavy (non-hydrogen) atoms. The highest BCUT2D eigenvalue weighted by molar-refractivity contribution is 5.86. The van der Waals surface area contributed by atoms with Crippen molar-refractivity contribution in [3.05, 3.63) is 36.4 Å². The zero-order chi connectivity index (χ0) is 12.0. The first-order valence-corrected chi connectivity index (χ1v) is 4.90. The lowest BCUT2D eigenvalue weighted by Crippen LogP contribution is -2.12. The summed E-state index contributed by atoms with van der Waals surface area (Å²) in [5, 5.41) is 0. The molecule has 0 spiro atoms. The number of anilines is 1. The van der Waals surface area contributed by atoms with Gasteiger partial charge in [0.25, 0.3) is 0 Å². The van der Waals surface area contributed by atoms with E-state index >= 15 is 0 Å². The maximum Gasteiger partial charge on any atom is 0.333 e. The number of hydrogen-bond donors (Lipinski definition) is 1. The molecule has 1 aromatic rings. The van der Waals surface area contributed by atoms with E-state index in [-0.39, 0.29) is 6.61 Å². The van der Waals surface area contributed by atoms with E-state index in [4.69, 9.17) is 15.2 Å². The number of ether oxygens (including phenoxy) is 2. The fraction of sp³-hybridized carbons (Fsp3) is 0.250. The van der Waals surface area contributed by atoms with Crippen LogP contribution < -0.4 is 10.5 Å². The molecule has 0 saturated heterocycles. The molecule has 86 valence electrons. The minimum Gasteiger partial charge on any atom is -0.490 e. The van der Waals surface area contributed by atoms with Gasteiger partial charge in [0.05, 0.1) is 0 Å². The van der Waals surface area contributed by atoms with Crippen molar-refractivity contribution in [2.75, 3.05) is 18.9 Å².